The normalized spacial score (nSPS) is 9.79. The van der Waals surface area contributed by atoms with Gasteiger partial charge in [-0.05, 0) is 23.7 Å². The predicted molar refractivity (Wildman–Crippen MR) is 49.1 cm³/mol. The Balaban J connectivity index is 2.16. The first-order chi connectivity index (χ1) is 6.84. The van der Waals surface area contributed by atoms with E-state index in [2.05, 4.69) is 20.4 Å². The van der Waals surface area contributed by atoms with Crippen LogP contribution >= 0.6 is 11.6 Å². The lowest BCUT2D eigenvalue weighted by Gasteiger charge is -2.00. The fraction of sp³-hybridized carbons (Fsp3) is 0. The van der Waals surface area contributed by atoms with Crippen molar-refractivity contribution >= 4 is 11.6 Å². The van der Waals surface area contributed by atoms with E-state index >= 15 is 0 Å². The zero-order chi connectivity index (χ0) is 9.80. The van der Waals surface area contributed by atoms with Crippen molar-refractivity contribution in [3.05, 3.63) is 35.6 Å². The molecular weight excluding hydrogens is 204 g/mol. The van der Waals surface area contributed by atoms with Crippen molar-refractivity contribution in [2.75, 3.05) is 0 Å². The number of ether oxygens (including phenoxy) is 1. The lowest BCUT2D eigenvalue weighted by Crippen LogP contribution is -1.96. The van der Waals surface area contributed by atoms with Gasteiger partial charge in [0.2, 0.25) is 0 Å². The maximum absolute atomic E-state index is 5.41. The highest BCUT2D eigenvalue weighted by Gasteiger charge is 2.00. The van der Waals surface area contributed by atoms with Gasteiger partial charge in [-0.3, -0.25) is 0 Å². The largest absolute Gasteiger partial charge is 0.422 e. The molecule has 70 valence electrons. The minimum atomic E-state index is -0.00888. The fourth-order valence-corrected chi connectivity index (χ4v) is 0.918. The maximum Gasteiger partial charge on any atom is 0.360 e. The van der Waals surface area contributed by atoms with Crippen LogP contribution in [0.2, 0.25) is 5.28 Å². The number of nitrogens with zero attached hydrogens (tertiary/aromatic N) is 4. The Bertz CT molecular complexity index is 405. The van der Waals surface area contributed by atoms with Gasteiger partial charge in [0.1, 0.15) is 5.75 Å². The maximum atomic E-state index is 5.41. The third-order valence-corrected chi connectivity index (χ3v) is 1.54. The van der Waals surface area contributed by atoms with E-state index in [1.807, 2.05) is 18.2 Å². The van der Waals surface area contributed by atoms with Gasteiger partial charge in [-0.2, -0.15) is 0 Å². The van der Waals surface area contributed by atoms with E-state index in [1.54, 1.807) is 12.1 Å². The van der Waals surface area contributed by atoms with Crippen molar-refractivity contribution in [1.82, 2.24) is 20.4 Å². The van der Waals surface area contributed by atoms with Gasteiger partial charge in [-0.1, -0.05) is 28.4 Å². The standard InChI is InChI=1S/C8H5ClN4O/c9-7-10-12-8(13-11-7)14-6-4-2-1-3-5-6/h1-5H. The molecule has 0 atom stereocenters. The summed E-state index contributed by atoms with van der Waals surface area (Å²) < 4.78 is 5.23. The van der Waals surface area contributed by atoms with Crippen molar-refractivity contribution in [3.63, 3.8) is 0 Å². The van der Waals surface area contributed by atoms with E-state index < -0.39 is 0 Å². The molecule has 0 aliphatic carbocycles. The van der Waals surface area contributed by atoms with E-state index in [0.29, 0.717) is 5.75 Å². The molecule has 6 heteroatoms. The summed E-state index contributed by atoms with van der Waals surface area (Å²) in [5.74, 6) is 0.624. The van der Waals surface area contributed by atoms with Crippen LogP contribution in [0.1, 0.15) is 0 Å². The summed E-state index contributed by atoms with van der Waals surface area (Å²) in [6.45, 7) is 0. The van der Waals surface area contributed by atoms with Crippen LogP contribution in [0.15, 0.2) is 30.3 Å². The molecule has 0 aliphatic heterocycles. The molecule has 5 nitrogen and oxygen atoms in total. The number of rotatable bonds is 2. The number of hydrogen-bond donors (Lipinski definition) is 0. The highest BCUT2D eigenvalue weighted by molar-refractivity contribution is 6.28. The topological polar surface area (TPSA) is 60.8 Å². The van der Waals surface area contributed by atoms with Crippen molar-refractivity contribution in [2.45, 2.75) is 0 Å². The zero-order valence-corrected chi connectivity index (χ0v) is 7.72. The third-order valence-electron chi connectivity index (χ3n) is 1.39. The lowest BCUT2D eigenvalue weighted by atomic mass is 10.3. The van der Waals surface area contributed by atoms with Gasteiger partial charge < -0.3 is 4.74 Å². The first-order valence-electron chi connectivity index (χ1n) is 3.80. The van der Waals surface area contributed by atoms with E-state index in [9.17, 15) is 0 Å². The van der Waals surface area contributed by atoms with Crippen molar-refractivity contribution < 1.29 is 4.74 Å². The van der Waals surface area contributed by atoms with Gasteiger partial charge >= 0.3 is 6.01 Å². The molecule has 1 aromatic carbocycles. The molecule has 1 aromatic heterocycles. The summed E-state index contributed by atoms with van der Waals surface area (Å²) in [4.78, 5) is 0. The molecule has 2 aromatic rings. The van der Waals surface area contributed by atoms with E-state index in [0.717, 1.165) is 0 Å². The quantitative estimate of drug-likeness (QED) is 0.752. The summed E-state index contributed by atoms with van der Waals surface area (Å²) in [5.41, 5.74) is 0. The van der Waals surface area contributed by atoms with Gasteiger partial charge in [-0.15, -0.1) is 10.2 Å². The highest BCUT2D eigenvalue weighted by Crippen LogP contribution is 2.14. The van der Waals surface area contributed by atoms with Crippen LogP contribution in [0.5, 0.6) is 11.8 Å². The number of hydrogen-bond acceptors (Lipinski definition) is 5. The molecule has 0 saturated heterocycles. The number of benzene rings is 1. The molecule has 0 N–H and O–H groups in total. The smallest absolute Gasteiger partial charge is 0.360 e. The van der Waals surface area contributed by atoms with Crippen molar-refractivity contribution in [3.8, 4) is 11.8 Å². The molecule has 0 amide bonds. The molecule has 0 saturated carbocycles. The summed E-state index contributed by atoms with van der Waals surface area (Å²) in [7, 11) is 0. The molecule has 0 spiro atoms. The molecule has 0 fully saturated rings. The minimum Gasteiger partial charge on any atom is -0.422 e. The van der Waals surface area contributed by atoms with E-state index in [4.69, 9.17) is 16.3 Å². The molecule has 0 bridgehead atoms. The van der Waals surface area contributed by atoms with Gasteiger partial charge in [-0.25, -0.2) is 0 Å². The molecular formula is C8H5ClN4O. The van der Waals surface area contributed by atoms with E-state index in [1.165, 1.54) is 0 Å². The van der Waals surface area contributed by atoms with Crippen LogP contribution in [0.25, 0.3) is 0 Å². The molecule has 1 heterocycles. The van der Waals surface area contributed by atoms with Crippen LogP contribution in [0.3, 0.4) is 0 Å². The Morgan fingerprint density at radius 3 is 2.21 bits per heavy atom. The lowest BCUT2D eigenvalue weighted by molar-refractivity contribution is 0.423. The van der Waals surface area contributed by atoms with Crippen molar-refractivity contribution in [1.29, 1.82) is 0 Å². The van der Waals surface area contributed by atoms with Crippen LogP contribution < -0.4 is 4.74 Å². The molecule has 0 aliphatic rings. The zero-order valence-electron chi connectivity index (χ0n) is 6.96. The second-order valence-electron chi connectivity index (χ2n) is 2.37. The molecule has 14 heavy (non-hydrogen) atoms. The minimum absolute atomic E-state index is 0.00888. The van der Waals surface area contributed by atoms with Gasteiger partial charge in [0.05, 0.1) is 0 Å². The first kappa shape index (κ1) is 8.83. The first-order valence-corrected chi connectivity index (χ1v) is 4.18. The molecule has 2 rings (SSSR count). The van der Waals surface area contributed by atoms with Gasteiger partial charge in [0.25, 0.3) is 5.28 Å². The number of halogens is 1. The van der Waals surface area contributed by atoms with Crippen LogP contribution in [-0.2, 0) is 0 Å². The van der Waals surface area contributed by atoms with E-state index in [-0.39, 0.29) is 11.3 Å². The van der Waals surface area contributed by atoms with Crippen LogP contribution in [0.4, 0.5) is 0 Å². The molecule has 0 radical (unpaired) electrons. The summed E-state index contributed by atoms with van der Waals surface area (Å²) in [6.07, 6.45) is 0. The Labute approximate surface area is 84.7 Å². The Morgan fingerprint density at radius 1 is 0.929 bits per heavy atom. The SMILES string of the molecule is Clc1nnc(Oc2ccccc2)nn1. The van der Waals surface area contributed by atoms with Crippen LogP contribution in [0, 0.1) is 0 Å². The average molecular weight is 209 g/mol. The summed E-state index contributed by atoms with van der Waals surface area (Å²) >= 11 is 5.41. The summed E-state index contributed by atoms with van der Waals surface area (Å²) in [5, 5.41) is 14.2. The van der Waals surface area contributed by atoms with Crippen LogP contribution in [-0.4, -0.2) is 20.4 Å². The Morgan fingerprint density at radius 2 is 1.57 bits per heavy atom. The highest BCUT2D eigenvalue weighted by atomic mass is 35.5. The fourth-order valence-electron chi connectivity index (χ4n) is 0.843. The van der Waals surface area contributed by atoms with Crippen molar-refractivity contribution in [2.24, 2.45) is 0 Å². The second-order valence-corrected chi connectivity index (χ2v) is 2.70. The van der Waals surface area contributed by atoms with Gasteiger partial charge in [0, 0.05) is 0 Å². The number of para-hydroxylation sites is 1. The number of aromatic nitrogens is 4. The monoisotopic (exact) mass is 208 g/mol. The summed E-state index contributed by atoms with van der Waals surface area (Å²) in [6, 6.07) is 9.18. The molecule has 0 unspecified atom stereocenters. The predicted octanol–water partition coefficient (Wildman–Crippen LogP) is 1.71. The van der Waals surface area contributed by atoms with Gasteiger partial charge in [0.15, 0.2) is 0 Å². The third kappa shape index (κ3) is 2.14. The average Bonchev–Trinajstić information content (AvgIpc) is 2.23. The Hall–Kier alpha value is -1.75. The Kier molecular flexibility index (Phi) is 2.51. The second kappa shape index (κ2) is 3.97.